The van der Waals surface area contributed by atoms with Gasteiger partial charge in [-0.3, -0.25) is 4.79 Å². The summed E-state index contributed by atoms with van der Waals surface area (Å²) in [7, 11) is 0. The van der Waals surface area contributed by atoms with E-state index in [9.17, 15) is 14.7 Å². The molecule has 0 radical (unpaired) electrons. The van der Waals surface area contributed by atoms with Crippen LogP contribution in [0.1, 0.15) is 0 Å². The molecule has 3 aromatic rings. The van der Waals surface area contributed by atoms with Gasteiger partial charge >= 0.3 is 5.76 Å². The second-order valence-corrected chi connectivity index (χ2v) is 4.76. The third-order valence-electron chi connectivity index (χ3n) is 3.10. The maximum atomic E-state index is 12.0. The summed E-state index contributed by atoms with van der Waals surface area (Å²) < 4.78 is 5.97. The summed E-state index contributed by atoms with van der Waals surface area (Å²) in [5.41, 5.74) is 0.904. The fraction of sp³-hybridized carbons (Fsp3) is 0.0625. The van der Waals surface area contributed by atoms with Crippen molar-refractivity contribution < 1.29 is 14.3 Å². The number of hydrogen-bond donors (Lipinski definition) is 2. The Morgan fingerprint density at radius 1 is 1.13 bits per heavy atom. The zero-order valence-electron chi connectivity index (χ0n) is 12.0. The van der Waals surface area contributed by atoms with Crippen molar-refractivity contribution in [3.05, 3.63) is 65.1 Å². The molecule has 0 unspecified atom stereocenters. The number of nitrogens with zero attached hydrogens (tertiary/aromatic N) is 2. The molecule has 23 heavy (non-hydrogen) atoms. The third kappa shape index (κ3) is 3.29. The topological polar surface area (TPSA) is 97.4 Å². The van der Waals surface area contributed by atoms with Crippen LogP contribution in [0.5, 0.6) is 5.75 Å². The number of aromatic hydroxyl groups is 1. The Morgan fingerprint density at radius 3 is 2.57 bits per heavy atom. The molecule has 0 spiro atoms. The van der Waals surface area contributed by atoms with Crippen molar-refractivity contribution in [2.75, 3.05) is 5.32 Å². The average molecular weight is 311 g/mol. The second-order valence-electron chi connectivity index (χ2n) is 4.76. The molecule has 0 bridgehead atoms. The lowest BCUT2D eigenvalue weighted by Crippen LogP contribution is -2.25. The van der Waals surface area contributed by atoms with E-state index in [-0.39, 0.29) is 23.9 Å². The van der Waals surface area contributed by atoms with Crippen molar-refractivity contribution in [3.63, 3.8) is 0 Å². The monoisotopic (exact) mass is 311 g/mol. The van der Waals surface area contributed by atoms with Crippen molar-refractivity contribution in [1.82, 2.24) is 9.78 Å². The first-order valence-electron chi connectivity index (χ1n) is 6.85. The van der Waals surface area contributed by atoms with E-state index in [1.165, 1.54) is 6.07 Å². The molecule has 0 aliphatic heterocycles. The highest BCUT2D eigenvalue weighted by Crippen LogP contribution is 2.21. The molecule has 1 aromatic heterocycles. The summed E-state index contributed by atoms with van der Waals surface area (Å²) in [5, 5.41) is 16.1. The molecule has 7 nitrogen and oxygen atoms in total. The second kappa shape index (κ2) is 6.18. The number of nitrogens with one attached hydrogen (secondary N) is 1. The molecule has 116 valence electrons. The number of benzene rings is 2. The molecule has 2 aromatic carbocycles. The standard InChI is InChI=1S/C16H13N3O4/c20-13-9-5-4-8-12(13)17-14(21)10-19-16(22)23-15(18-19)11-6-2-1-3-7-11/h1-9,20H,10H2,(H,17,21). The largest absolute Gasteiger partial charge is 0.506 e. The maximum Gasteiger partial charge on any atom is 0.437 e. The van der Waals surface area contributed by atoms with Gasteiger partial charge in [0, 0.05) is 5.56 Å². The van der Waals surface area contributed by atoms with Crippen LogP contribution >= 0.6 is 0 Å². The Hall–Kier alpha value is -3.35. The van der Waals surface area contributed by atoms with E-state index in [4.69, 9.17) is 4.42 Å². The number of phenols is 1. The highest BCUT2D eigenvalue weighted by molar-refractivity contribution is 5.91. The van der Waals surface area contributed by atoms with E-state index in [1.54, 1.807) is 42.5 Å². The number of carbonyl (C=O) groups is 1. The molecule has 1 amide bonds. The predicted molar refractivity (Wildman–Crippen MR) is 82.9 cm³/mol. The van der Waals surface area contributed by atoms with E-state index < -0.39 is 11.7 Å². The van der Waals surface area contributed by atoms with Gasteiger partial charge in [-0.15, -0.1) is 5.10 Å². The van der Waals surface area contributed by atoms with E-state index >= 15 is 0 Å². The van der Waals surface area contributed by atoms with Gasteiger partial charge in [0.2, 0.25) is 11.8 Å². The Kier molecular flexibility index (Phi) is 3.92. The number of rotatable bonds is 4. The molecule has 7 heteroatoms. The van der Waals surface area contributed by atoms with Gasteiger partial charge in [0.05, 0.1) is 5.69 Å². The lowest BCUT2D eigenvalue weighted by atomic mass is 10.2. The number of aromatic nitrogens is 2. The summed E-state index contributed by atoms with van der Waals surface area (Å²) in [6, 6.07) is 15.2. The van der Waals surface area contributed by atoms with Crippen LogP contribution in [0.15, 0.2) is 63.8 Å². The molecule has 2 N–H and O–H groups in total. The quantitative estimate of drug-likeness (QED) is 0.717. The first-order chi connectivity index (χ1) is 11.1. The molecule has 0 saturated carbocycles. The van der Waals surface area contributed by atoms with Crippen LogP contribution in [0.25, 0.3) is 11.5 Å². The van der Waals surface area contributed by atoms with Gasteiger partial charge < -0.3 is 14.8 Å². The Labute approximate surface area is 130 Å². The summed E-state index contributed by atoms with van der Waals surface area (Å²) in [6.07, 6.45) is 0. The number of para-hydroxylation sites is 2. The summed E-state index contributed by atoms with van der Waals surface area (Å²) >= 11 is 0. The maximum absolute atomic E-state index is 12.0. The van der Waals surface area contributed by atoms with Gasteiger partial charge in [0.1, 0.15) is 12.3 Å². The molecule has 0 saturated heterocycles. The Morgan fingerprint density at radius 2 is 1.83 bits per heavy atom. The van der Waals surface area contributed by atoms with Gasteiger partial charge in [-0.1, -0.05) is 30.3 Å². The van der Waals surface area contributed by atoms with Gasteiger partial charge in [-0.05, 0) is 24.3 Å². The van der Waals surface area contributed by atoms with Crippen molar-refractivity contribution in [2.24, 2.45) is 0 Å². The summed E-state index contributed by atoms with van der Waals surface area (Å²) in [5.74, 6) is -1.14. The van der Waals surface area contributed by atoms with Crippen LogP contribution in [0.4, 0.5) is 5.69 Å². The average Bonchev–Trinajstić information content (AvgIpc) is 2.91. The van der Waals surface area contributed by atoms with Crippen LogP contribution in [0, 0.1) is 0 Å². The zero-order chi connectivity index (χ0) is 16.2. The van der Waals surface area contributed by atoms with Gasteiger partial charge in [-0.25, -0.2) is 4.79 Å². The highest BCUT2D eigenvalue weighted by atomic mass is 16.4. The summed E-state index contributed by atoms with van der Waals surface area (Å²) in [6.45, 7) is -0.316. The number of phenolic OH excluding ortho intramolecular Hbond substituents is 1. The fourth-order valence-corrected chi connectivity index (χ4v) is 2.01. The molecule has 1 heterocycles. The number of hydrogen-bond acceptors (Lipinski definition) is 5. The van der Waals surface area contributed by atoms with Gasteiger partial charge in [0.25, 0.3) is 0 Å². The number of amides is 1. The fourth-order valence-electron chi connectivity index (χ4n) is 2.01. The lowest BCUT2D eigenvalue weighted by molar-refractivity contribution is -0.117. The van der Waals surface area contributed by atoms with E-state index in [1.807, 2.05) is 6.07 Å². The molecule has 0 atom stereocenters. The van der Waals surface area contributed by atoms with Gasteiger partial charge in [-0.2, -0.15) is 4.68 Å². The third-order valence-corrected chi connectivity index (χ3v) is 3.10. The smallest absolute Gasteiger partial charge is 0.437 e. The minimum Gasteiger partial charge on any atom is -0.506 e. The van der Waals surface area contributed by atoms with Crippen molar-refractivity contribution in [1.29, 1.82) is 0 Å². The minimum atomic E-state index is -0.726. The highest BCUT2D eigenvalue weighted by Gasteiger charge is 2.13. The lowest BCUT2D eigenvalue weighted by Gasteiger charge is -2.05. The van der Waals surface area contributed by atoms with Crippen LogP contribution in [0.2, 0.25) is 0 Å². The van der Waals surface area contributed by atoms with Crippen molar-refractivity contribution >= 4 is 11.6 Å². The summed E-state index contributed by atoms with van der Waals surface area (Å²) in [4.78, 5) is 23.7. The Balaban J connectivity index is 1.76. The SMILES string of the molecule is O=C(Cn1nc(-c2ccccc2)oc1=O)Nc1ccccc1O. The van der Waals surface area contributed by atoms with E-state index in [2.05, 4.69) is 10.4 Å². The molecular formula is C16H13N3O4. The molecule has 3 rings (SSSR count). The van der Waals surface area contributed by atoms with Crippen molar-refractivity contribution in [3.8, 4) is 17.2 Å². The minimum absolute atomic E-state index is 0.0571. The van der Waals surface area contributed by atoms with Crippen LogP contribution in [-0.2, 0) is 11.3 Å². The normalized spacial score (nSPS) is 10.4. The molecular weight excluding hydrogens is 298 g/mol. The Bertz CT molecular complexity index is 884. The van der Waals surface area contributed by atoms with Crippen molar-refractivity contribution in [2.45, 2.75) is 6.54 Å². The van der Waals surface area contributed by atoms with Crippen LogP contribution < -0.4 is 11.1 Å². The number of carbonyl (C=O) groups excluding carboxylic acids is 1. The number of anilines is 1. The predicted octanol–water partition coefficient (Wildman–Crippen LogP) is 1.85. The van der Waals surface area contributed by atoms with E-state index in [0.717, 1.165) is 4.68 Å². The molecule has 0 aliphatic rings. The molecule has 0 fully saturated rings. The van der Waals surface area contributed by atoms with Gasteiger partial charge in [0.15, 0.2) is 0 Å². The first-order valence-corrected chi connectivity index (χ1v) is 6.85. The van der Waals surface area contributed by atoms with Crippen LogP contribution in [0.3, 0.4) is 0 Å². The molecule has 0 aliphatic carbocycles. The van der Waals surface area contributed by atoms with E-state index in [0.29, 0.717) is 5.56 Å². The van der Waals surface area contributed by atoms with Crippen LogP contribution in [-0.4, -0.2) is 20.8 Å². The first kappa shape index (κ1) is 14.6. The zero-order valence-corrected chi connectivity index (χ0v) is 12.0.